The molecule has 15 heteroatoms. The molecule has 0 saturated carbocycles. The Bertz CT molecular complexity index is 317. The first-order chi connectivity index (χ1) is 10.6. The number of aliphatic hydroxyl groups is 2. The van der Waals surface area contributed by atoms with Gasteiger partial charge in [-0.05, 0) is 13.8 Å². The number of rotatable bonds is 4. The Morgan fingerprint density at radius 2 is 0.667 bits per heavy atom. The SMILES string of the molecule is CC(O)C(=O)[O-].CC(O)C(=O)[O-].CC([O-])C(=O)[O-].CC([O-])C(=O)[O-].[K+].[K+].[Ti+4]. The van der Waals surface area contributed by atoms with Gasteiger partial charge >= 0.3 is 124 Å². The molecule has 0 aromatic rings. The van der Waals surface area contributed by atoms with Crippen LogP contribution in [0.4, 0.5) is 0 Å². The molecule has 0 aliphatic carbocycles. The molecule has 0 aliphatic heterocycles. The molecule has 4 unspecified atom stereocenters. The van der Waals surface area contributed by atoms with Gasteiger partial charge in [-0.2, -0.15) is 0 Å². The third-order valence-electron chi connectivity index (χ3n) is 1.35. The Morgan fingerprint density at radius 1 is 0.593 bits per heavy atom. The zero-order valence-corrected chi connectivity index (χ0v) is 23.6. The summed E-state index contributed by atoms with van der Waals surface area (Å²) in [6, 6.07) is 0. The van der Waals surface area contributed by atoms with E-state index in [9.17, 15) is 49.8 Å². The number of carbonyl (C=O) groups excluding carboxylic acids is 4. The van der Waals surface area contributed by atoms with Crippen molar-refractivity contribution in [2.45, 2.75) is 52.1 Å². The van der Waals surface area contributed by atoms with E-state index in [-0.39, 0.29) is 124 Å². The molecule has 144 valence electrons. The molecule has 12 nitrogen and oxygen atoms in total. The van der Waals surface area contributed by atoms with Gasteiger partial charge in [-0.3, -0.25) is 0 Å². The molecule has 2 N–H and O–H groups in total. The number of aliphatic hydroxyl groups excluding tert-OH is 2. The second-order valence-electron chi connectivity index (χ2n) is 3.91. The summed E-state index contributed by atoms with van der Waals surface area (Å²) in [7, 11) is 0. The summed E-state index contributed by atoms with van der Waals surface area (Å²) >= 11 is 0. The quantitative estimate of drug-likeness (QED) is 0.356. The van der Waals surface area contributed by atoms with Crippen LogP contribution in [-0.2, 0) is 40.9 Å². The largest absolute Gasteiger partial charge is 4.00 e. The van der Waals surface area contributed by atoms with Crippen molar-refractivity contribution in [1.29, 1.82) is 0 Å². The summed E-state index contributed by atoms with van der Waals surface area (Å²) in [4.78, 5) is 37.2. The van der Waals surface area contributed by atoms with Crippen LogP contribution in [0.1, 0.15) is 27.7 Å². The van der Waals surface area contributed by atoms with E-state index >= 15 is 0 Å². The first-order valence-electron chi connectivity index (χ1n) is 6.08. The molecule has 0 rings (SSSR count). The molecule has 0 heterocycles. The van der Waals surface area contributed by atoms with Crippen LogP contribution in [0.2, 0.25) is 0 Å². The van der Waals surface area contributed by atoms with Crippen LogP contribution in [0.25, 0.3) is 0 Å². The fourth-order valence-electron chi connectivity index (χ4n) is 0. The van der Waals surface area contributed by atoms with Gasteiger partial charge in [0.2, 0.25) is 0 Å². The molecule has 27 heavy (non-hydrogen) atoms. The monoisotopic (exact) mass is 480 g/mol. The zero-order valence-electron chi connectivity index (χ0n) is 15.8. The molecular weight excluding hydrogens is 462 g/mol. The number of aliphatic carboxylic acids is 4. The van der Waals surface area contributed by atoms with Crippen molar-refractivity contribution >= 4 is 23.9 Å². The van der Waals surface area contributed by atoms with Crippen LogP contribution in [-0.4, -0.2) is 58.5 Å². The van der Waals surface area contributed by atoms with Gasteiger partial charge in [0.05, 0.1) is 24.1 Å². The fraction of sp³-hybridized carbons (Fsp3) is 0.667. The molecule has 0 fully saturated rings. The Kier molecular flexibility index (Phi) is 51.8. The first-order valence-corrected chi connectivity index (χ1v) is 6.08. The second kappa shape index (κ2) is 29.9. The number of carboxylic acids is 4. The van der Waals surface area contributed by atoms with Gasteiger partial charge < -0.3 is 60.0 Å². The van der Waals surface area contributed by atoms with E-state index in [1.807, 2.05) is 0 Å². The molecule has 0 aromatic carbocycles. The van der Waals surface area contributed by atoms with Crippen molar-refractivity contribution in [3.8, 4) is 0 Å². The molecule has 0 aliphatic rings. The third kappa shape index (κ3) is 58.4. The standard InChI is InChI=1S/2C3H6O3.2C3H5O3.2K.Ti/c4*1-2(4)3(5)6;;;/h2*2,4H,1H3,(H,5,6);2*2H,1H3,(H,5,6);;;/q;;2*-1;2*+1;+4/p-4. The van der Waals surface area contributed by atoms with E-state index in [1.165, 1.54) is 0 Å². The van der Waals surface area contributed by atoms with Gasteiger partial charge in [0.15, 0.2) is 0 Å². The summed E-state index contributed by atoms with van der Waals surface area (Å²) in [5.41, 5.74) is 0. The summed E-state index contributed by atoms with van der Waals surface area (Å²) in [5, 5.41) is 72.3. The van der Waals surface area contributed by atoms with Crippen molar-refractivity contribution in [2.75, 3.05) is 0 Å². The molecule has 0 saturated heterocycles. The minimum absolute atomic E-state index is 0. The van der Waals surface area contributed by atoms with Crippen molar-refractivity contribution in [2.24, 2.45) is 0 Å². The van der Waals surface area contributed by atoms with E-state index in [4.69, 9.17) is 10.2 Å². The Morgan fingerprint density at radius 3 is 0.667 bits per heavy atom. The van der Waals surface area contributed by atoms with Gasteiger partial charge in [-0.25, -0.2) is 0 Å². The predicted molar refractivity (Wildman–Crippen MR) is 62.3 cm³/mol. The van der Waals surface area contributed by atoms with Crippen LogP contribution in [0.15, 0.2) is 0 Å². The number of hydrogen-bond acceptors (Lipinski definition) is 12. The summed E-state index contributed by atoms with van der Waals surface area (Å²) in [6.07, 6.45) is -5.87. The number of carbonyl (C=O) groups is 4. The minimum Gasteiger partial charge on any atom is -0.848 e. The van der Waals surface area contributed by atoms with Gasteiger partial charge in [0.1, 0.15) is 0 Å². The average molecular weight is 480 g/mol. The first kappa shape index (κ1) is 46.8. The van der Waals surface area contributed by atoms with Crippen molar-refractivity contribution in [1.82, 2.24) is 0 Å². The van der Waals surface area contributed by atoms with Gasteiger partial charge in [0.25, 0.3) is 0 Å². The molecule has 4 atom stereocenters. The molecule has 0 amide bonds. The van der Waals surface area contributed by atoms with E-state index < -0.39 is 48.3 Å². The third-order valence-corrected chi connectivity index (χ3v) is 1.35. The average Bonchev–Trinajstić information content (AvgIpc) is 2.40. The maximum absolute atomic E-state index is 9.56. The normalized spacial score (nSPS) is 12.1. The molecule has 0 bridgehead atoms. The molecule has 0 spiro atoms. The Balaban J connectivity index is -0.0000000381. The van der Waals surface area contributed by atoms with Crippen molar-refractivity contribution in [3.05, 3.63) is 0 Å². The van der Waals surface area contributed by atoms with Crippen molar-refractivity contribution in [3.63, 3.8) is 0 Å². The molecule has 0 radical (unpaired) electrons. The molecular formula is C12H18K2O12Ti. The predicted octanol–water partition coefficient (Wildman–Crippen LogP) is -14.8. The van der Waals surface area contributed by atoms with Crippen LogP contribution >= 0.6 is 0 Å². The van der Waals surface area contributed by atoms with E-state index in [0.29, 0.717) is 0 Å². The summed E-state index contributed by atoms with van der Waals surface area (Å²) < 4.78 is 0. The number of hydrogen-bond donors (Lipinski definition) is 2. The van der Waals surface area contributed by atoms with Gasteiger partial charge in [-0.1, -0.05) is 26.1 Å². The molecule has 0 aromatic heterocycles. The summed E-state index contributed by atoms with van der Waals surface area (Å²) in [5.74, 6) is -5.96. The zero-order chi connectivity index (χ0) is 20.6. The smallest absolute Gasteiger partial charge is 0.848 e. The topological polar surface area (TPSA) is 247 Å². The van der Waals surface area contributed by atoms with E-state index in [2.05, 4.69) is 0 Å². The Labute approximate surface area is 256 Å². The van der Waals surface area contributed by atoms with Crippen LogP contribution in [0.5, 0.6) is 0 Å². The number of carboxylic acid groups (broad SMARTS) is 4. The fourth-order valence-corrected chi connectivity index (χ4v) is 0. The van der Waals surface area contributed by atoms with Gasteiger partial charge in [0, 0.05) is 11.9 Å². The van der Waals surface area contributed by atoms with Crippen molar-refractivity contribution < 1.29 is 185 Å². The van der Waals surface area contributed by atoms with E-state index in [1.54, 1.807) is 0 Å². The van der Waals surface area contributed by atoms with Gasteiger partial charge in [-0.15, -0.1) is 0 Å². The van der Waals surface area contributed by atoms with E-state index in [0.717, 1.165) is 27.7 Å². The van der Waals surface area contributed by atoms with Crippen LogP contribution < -0.4 is 133 Å². The van der Waals surface area contributed by atoms with Crippen LogP contribution in [0, 0.1) is 0 Å². The maximum atomic E-state index is 9.56. The summed E-state index contributed by atoms with van der Waals surface area (Å²) in [6.45, 7) is 4.31. The second-order valence-corrected chi connectivity index (χ2v) is 3.91. The minimum atomic E-state index is -1.59. The maximum Gasteiger partial charge on any atom is 4.00 e. The van der Waals surface area contributed by atoms with Crippen LogP contribution in [0.3, 0.4) is 0 Å². The Hall–Kier alpha value is 1.71.